The minimum Gasteiger partial charge on any atom is -0.481 e. The molecule has 1 aliphatic rings. The number of carboxylic acid groups (broad SMARTS) is 1. The molecule has 0 amide bonds. The number of aliphatic carboxylic acids is 1. The van der Waals surface area contributed by atoms with Crippen molar-refractivity contribution in [3.8, 4) is 10.6 Å². The lowest BCUT2D eigenvalue weighted by molar-refractivity contribution is -0.142. The number of halogens is 2. The Labute approximate surface area is 128 Å². The zero-order chi connectivity index (χ0) is 14.3. The standard InChI is InChI=1S/C12H9Cl2N3O2S/c13-8-1-6(2-9(14)3-8)10-15-16-12(20-10)17-4-7(5-17)11(18)19/h1-3,7H,4-5H2,(H,18,19). The van der Waals surface area contributed by atoms with Crippen LogP contribution in [0.3, 0.4) is 0 Å². The summed E-state index contributed by atoms with van der Waals surface area (Å²) in [5.74, 6) is -1.09. The number of carbonyl (C=O) groups is 1. The number of rotatable bonds is 3. The molecule has 0 saturated carbocycles. The summed E-state index contributed by atoms with van der Waals surface area (Å²) in [5, 5.41) is 19.5. The lowest BCUT2D eigenvalue weighted by Crippen LogP contribution is -2.50. The molecule has 1 saturated heterocycles. The van der Waals surface area contributed by atoms with Crippen molar-refractivity contribution in [1.82, 2.24) is 10.2 Å². The van der Waals surface area contributed by atoms with Gasteiger partial charge in [0.15, 0.2) is 0 Å². The maximum atomic E-state index is 10.8. The number of benzene rings is 1. The van der Waals surface area contributed by atoms with Crippen LogP contribution in [0.2, 0.25) is 10.0 Å². The maximum Gasteiger partial charge on any atom is 0.310 e. The Balaban J connectivity index is 1.79. The van der Waals surface area contributed by atoms with Gasteiger partial charge in [-0.1, -0.05) is 34.5 Å². The van der Waals surface area contributed by atoms with Gasteiger partial charge in [-0.15, -0.1) is 10.2 Å². The first kappa shape index (κ1) is 13.6. The summed E-state index contributed by atoms with van der Waals surface area (Å²) in [6.45, 7) is 0.945. The Morgan fingerprint density at radius 2 is 1.90 bits per heavy atom. The van der Waals surface area contributed by atoms with E-state index in [1.165, 1.54) is 11.3 Å². The molecule has 104 valence electrons. The molecule has 2 heterocycles. The van der Waals surface area contributed by atoms with Crippen molar-refractivity contribution in [2.24, 2.45) is 5.92 Å². The van der Waals surface area contributed by atoms with Crippen molar-refractivity contribution in [3.05, 3.63) is 28.2 Å². The highest BCUT2D eigenvalue weighted by Gasteiger charge is 2.34. The van der Waals surface area contributed by atoms with E-state index in [9.17, 15) is 4.79 Å². The second-order valence-corrected chi connectivity index (χ2v) is 6.32. The van der Waals surface area contributed by atoms with Gasteiger partial charge in [-0.25, -0.2) is 0 Å². The second kappa shape index (κ2) is 5.20. The molecule has 3 rings (SSSR count). The topological polar surface area (TPSA) is 66.3 Å². The molecule has 5 nitrogen and oxygen atoms in total. The third kappa shape index (κ3) is 2.59. The average molecular weight is 330 g/mol. The highest BCUT2D eigenvalue weighted by molar-refractivity contribution is 7.18. The van der Waals surface area contributed by atoms with Gasteiger partial charge in [0, 0.05) is 28.7 Å². The highest BCUT2D eigenvalue weighted by atomic mass is 35.5. The first-order chi connectivity index (χ1) is 9.52. The van der Waals surface area contributed by atoms with Crippen LogP contribution in [0.4, 0.5) is 5.13 Å². The van der Waals surface area contributed by atoms with Crippen LogP contribution < -0.4 is 4.90 Å². The molecule has 0 atom stereocenters. The molecule has 0 aliphatic carbocycles. The minimum absolute atomic E-state index is 0.317. The van der Waals surface area contributed by atoms with Crippen LogP contribution in [0.15, 0.2) is 18.2 Å². The normalized spacial score (nSPS) is 15.2. The molecule has 1 aromatic carbocycles. The number of carboxylic acids is 1. The summed E-state index contributed by atoms with van der Waals surface area (Å²) in [6, 6.07) is 5.20. The van der Waals surface area contributed by atoms with Gasteiger partial charge in [-0.2, -0.15) is 0 Å². The molecular weight excluding hydrogens is 321 g/mol. The maximum absolute atomic E-state index is 10.8. The van der Waals surface area contributed by atoms with E-state index in [0.29, 0.717) is 33.3 Å². The summed E-state index contributed by atoms with van der Waals surface area (Å²) in [5.41, 5.74) is 0.807. The Morgan fingerprint density at radius 1 is 1.25 bits per heavy atom. The lowest BCUT2D eigenvalue weighted by Gasteiger charge is -2.35. The smallest absolute Gasteiger partial charge is 0.310 e. The highest BCUT2D eigenvalue weighted by Crippen LogP contribution is 2.34. The van der Waals surface area contributed by atoms with Crippen LogP contribution in [0, 0.1) is 5.92 Å². The predicted molar refractivity (Wildman–Crippen MR) is 78.7 cm³/mol. The monoisotopic (exact) mass is 329 g/mol. The fourth-order valence-electron chi connectivity index (χ4n) is 1.93. The van der Waals surface area contributed by atoms with Crippen LogP contribution >= 0.6 is 34.5 Å². The van der Waals surface area contributed by atoms with Crippen molar-refractivity contribution in [2.75, 3.05) is 18.0 Å². The van der Waals surface area contributed by atoms with E-state index >= 15 is 0 Å². The van der Waals surface area contributed by atoms with Crippen LogP contribution in [-0.2, 0) is 4.79 Å². The van der Waals surface area contributed by atoms with Gasteiger partial charge in [0.1, 0.15) is 5.01 Å². The molecule has 1 aliphatic heterocycles. The van der Waals surface area contributed by atoms with Gasteiger partial charge in [-0.05, 0) is 18.2 Å². The fraction of sp³-hybridized carbons (Fsp3) is 0.250. The molecule has 8 heteroatoms. The molecule has 1 fully saturated rings. The quantitative estimate of drug-likeness (QED) is 0.937. The Kier molecular flexibility index (Phi) is 3.54. The minimum atomic E-state index is -0.771. The Hall–Kier alpha value is -1.37. The summed E-state index contributed by atoms with van der Waals surface area (Å²) in [6.07, 6.45) is 0. The third-order valence-electron chi connectivity index (χ3n) is 3.03. The number of aromatic nitrogens is 2. The van der Waals surface area contributed by atoms with E-state index in [2.05, 4.69) is 10.2 Å². The third-order valence-corrected chi connectivity index (χ3v) is 4.49. The fourth-order valence-corrected chi connectivity index (χ4v) is 3.30. The van der Waals surface area contributed by atoms with Crippen LogP contribution in [-0.4, -0.2) is 34.4 Å². The predicted octanol–water partition coefficient (Wildman–Crippen LogP) is 3.03. The summed E-state index contributed by atoms with van der Waals surface area (Å²) in [4.78, 5) is 12.7. The molecule has 1 aromatic heterocycles. The Bertz CT molecular complexity index is 650. The zero-order valence-electron chi connectivity index (χ0n) is 10.1. The van der Waals surface area contributed by atoms with Gasteiger partial charge in [-0.3, -0.25) is 4.79 Å². The molecule has 0 bridgehead atoms. The van der Waals surface area contributed by atoms with Gasteiger partial charge in [0.05, 0.1) is 5.92 Å². The number of hydrogen-bond donors (Lipinski definition) is 1. The largest absolute Gasteiger partial charge is 0.481 e. The summed E-state index contributed by atoms with van der Waals surface area (Å²) < 4.78 is 0. The van der Waals surface area contributed by atoms with E-state index in [1.54, 1.807) is 18.2 Å². The van der Waals surface area contributed by atoms with Gasteiger partial charge < -0.3 is 10.0 Å². The van der Waals surface area contributed by atoms with E-state index in [0.717, 1.165) is 5.56 Å². The van der Waals surface area contributed by atoms with Gasteiger partial charge in [0.25, 0.3) is 0 Å². The van der Waals surface area contributed by atoms with Gasteiger partial charge in [0.2, 0.25) is 5.13 Å². The van der Waals surface area contributed by atoms with Crippen molar-refractivity contribution in [3.63, 3.8) is 0 Å². The van der Waals surface area contributed by atoms with Crippen molar-refractivity contribution in [2.45, 2.75) is 0 Å². The molecule has 0 radical (unpaired) electrons. The van der Waals surface area contributed by atoms with Crippen molar-refractivity contribution in [1.29, 1.82) is 0 Å². The number of hydrogen-bond acceptors (Lipinski definition) is 5. The van der Waals surface area contributed by atoms with Crippen LogP contribution in [0.25, 0.3) is 10.6 Å². The number of nitrogens with zero attached hydrogens (tertiary/aromatic N) is 3. The summed E-state index contributed by atoms with van der Waals surface area (Å²) >= 11 is 13.3. The molecule has 20 heavy (non-hydrogen) atoms. The SMILES string of the molecule is O=C(O)C1CN(c2nnc(-c3cc(Cl)cc(Cl)c3)s2)C1. The lowest BCUT2D eigenvalue weighted by atomic mass is 10.0. The van der Waals surface area contributed by atoms with Crippen LogP contribution in [0.5, 0.6) is 0 Å². The average Bonchev–Trinajstić information content (AvgIpc) is 2.74. The van der Waals surface area contributed by atoms with Gasteiger partial charge >= 0.3 is 5.97 Å². The van der Waals surface area contributed by atoms with E-state index < -0.39 is 5.97 Å². The Morgan fingerprint density at radius 3 is 2.50 bits per heavy atom. The van der Waals surface area contributed by atoms with Crippen LogP contribution in [0.1, 0.15) is 0 Å². The van der Waals surface area contributed by atoms with Crippen molar-refractivity contribution < 1.29 is 9.90 Å². The zero-order valence-corrected chi connectivity index (χ0v) is 12.4. The second-order valence-electron chi connectivity index (χ2n) is 4.49. The molecule has 0 spiro atoms. The molecule has 0 unspecified atom stereocenters. The van der Waals surface area contributed by atoms with E-state index in [4.69, 9.17) is 28.3 Å². The molecule has 1 N–H and O–H groups in total. The molecular formula is C12H9Cl2N3O2S. The first-order valence-corrected chi connectivity index (χ1v) is 7.38. The first-order valence-electron chi connectivity index (χ1n) is 5.80. The molecule has 2 aromatic rings. The van der Waals surface area contributed by atoms with E-state index in [-0.39, 0.29) is 5.92 Å². The van der Waals surface area contributed by atoms with Crippen molar-refractivity contribution >= 4 is 45.6 Å². The number of anilines is 1. The summed E-state index contributed by atoms with van der Waals surface area (Å²) in [7, 11) is 0. The van der Waals surface area contributed by atoms with E-state index in [1.807, 2.05) is 4.90 Å².